The lowest BCUT2D eigenvalue weighted by molar-refractivity contribution is -0.115. The molecular formula is C8H7N3O. The average Bonchev–Trinajstić information content (AvgIpc) is 2.16. The van der Waals surface area contributed by atoms with Crippen molar-refractivity contribution in [3.8, 4) is 6.07 Å². The number of hydrazine groups is 1. The molecule has 1 aromatic rings. The molecule has 0 spiro atoms. The van der Waals surface area contributed by atoms with Gasteiger partial charge in [-0.2, -0.15) is 5.26 Å². The molecule has 0 aliphatic rings. The highest BCUT2D eigenvalue weighted by molar-refractivity contribution is 5.91. The van der Waals surface area contributed by atoms with Gasteiger partial charge in [0.2, 0.25) is 0 Å². The maximum absolute atomic E-state index is 10.5. The second-order valence-corrected chi connectivity index (χ2v) is 2.06. The normalized spacial score (nSPS) is 8.25. The lowest BCUT2D eigenvalue weighted by Crippen LogP contribution is -2.27. The smallest absolute Gasteiger partial charge is 0.298 e. The van der Waals surface area contributed by atoms with Gasteiger partial charge < -0.3 is 0 Å². The Balaban J connectivity index is 2.45. The van der Waals surface area contributed by atoms with Gasteiger partial charge in [0.1, 0.15) is 0 Å². The number of rotatable bonds is 2. The summed E-state index contributed by atoms with van der Waals surface area (Å²) in [4.78, 5) is 10.5. The summed E-state index contributed by atoms with van der Waals surface area (Å²) in [6.07, 6.45) is 0. The van der Waals surface area contributed by atoms with Crippen molar-refractivity contribution in [3.05, 3.63) is 30.3 Å². The van der Waals surface area contributed by atoms with Gasteiger partial charge in [-0.3, -0.25) is 15.6 Å². The lowest BCUT2D eigenvalue weighted by atomic mass is 10.3. The number of nitriles is 1. The van der Waals surface area contributed by atoms with Crippen LogP contribution in [0.5, 0.6) is 0 Å². The van der Waals surface area contributed by atoms with E-state index in [0.29, 0.717) is 0 Å². The summed E-state index contributed by atoms with van der Waals surface area (Å²) in [6.45, 7) is 0. The van der Waals surface area contributed by atoms with E-state index in [1.165, 1.54) is 6.07 Å². The molecule has 60 valence electrons. The molecule has 1 amide bonds. The van der Waals surface area contributed by atoms with Crippen LogP contribution >= 0.6 is 0 Å². The first kappa shape index (κ1) is 8.08. The number of carbonyl (C=O) groups excluding carboxylic acids is 1. The van der Waals surface area contributed by atoms with Crippen molar-refractivity contribution in [2.45, 2.75) is 0 Å². The van der Waals surface area contributed by atoms with E-state index in [4.69, 9.17) is 5.26 Å². The van der Waals surface area contributed by atoms with Crippen LogP contribution in [0.1, 0.15) is 0 Å². The second-order valence-electron chi connectivity index (χ2n) is 2.06. The number of para-hydroxylation sites is 1. The Kier molecular flexibility index (Phi) is 2.68. The zero-order chi connectivity index (χ0) is 8.81. The molecule has 0 saturated heterocycles. The van der Waals surface area contributed by atoms with Crippen molar-refractivity contribution in [1.29, 1.82) is 5.26 Å². The lowest BCUT2D eigenvalue weighted by Gasteiger charge is -2.03. The number of benzene rings is 1. The van der Waals surface area contributed by atoms with Crippen LogP contribution in [0.15, 0.2) is 30.3 Å². The molecule has 0 aliphatic heterocycles. The van der Waals surface area contributed by atoms with Gasteiger partial charge in [0.15, 0.2) is 6.07 Å². The summed E-state index contributed by atoms with van der Waals surface area (Å²) < 4.78 is 0. The quantitative estimate of drug-likeness (QED) is 0.494. The van der Waals surface area contributed by atoms with E-state index in [0.717, 1.165) is 5.69 Å². The minimum Gasteiger partial charge on any atom is -0.298 e. The maximum Gasteiger partial charge on any atom is 0.340 e. The molecule has 4 heteroatoms. The van der Waals surface area contributed by atoms with Crippen molar-refractivity contribution in [3.63, 3.8) is 0 Å². The fourth-order valence-electron chi connectivity index (χ4n) is 0.678. The van der Waals surface area contributed by atoms with E-state index in [1.54, 1.807) is 12.1 Å². The fourth-order valence-corrected chi connectivity index (χ4v) is 0.678. The predicted octanol–water partition coefficient (Wildman–Crippen LogP) is 0.653. The topological polar surface area (TPSA) is 64.9 Å². The Hall–Kier alpha value is -2.02. The highest BCUT2D eigenvalue weighted by Gasteiger charge is 1.94. The third-order valence-corrected chi connectivity index (χ3v) is 1.20. The van der Waals surface area contributed by atoms with Crippen LogP contribution in [-0.4, -0.2) is 5.91 Å². The molecule has 0 aliphatic carbocycles. The van der Waals surface area contributed by atoms with Crippen LogP contribution in [0.25, 0.3) is 0 Å². The number of hydrogen-bond donors (Lipinski definition) is 2. The molecule has 0 unspecified atom stereocenters. The molecule has 1 rings (SSSR count). The molecule has 0 fully saturated rings. The number of nitrogens with one attached hydrogen (secondary N) is 2. The van der Waals surface area contributed by atoms with Gasteiger partial charge in [0.05, 0.1) is 5.69 Å². The summed E-state index contributed by atoms with van der Waals surface area (Å²) >= 11 is 0. The Morgan fingerprint density at radius 1 is 1.33 bits per heavy atom. The van der Waals surface area contributed by atoms with Gasteiger partial charge in [0, 0.05) is 0 Å². The van der Waals surface area contributed by atoms with E-state index >= 15 is 0 Å². The van der Waals surface area contributed by atoms with Crippen molar-refractivity contribution < 1.29 is 4.79 Å². The van der Waals surface area contributed by atoms with Crippen molar-refractivity contribution >= 4 is 11.6 Å². The zero-order valence-corrected chi connectivity index (χ0v) is 6.24. The van der Waals surface area contributed by atoms with Gasteiger partial charge >= 0.3 is 5.91 Å². The standard InChI is InChI=1S/C8H7N3O/c9-6-8(12)11-10-7-4-2-1-3-5-7/h1-5,10H,(H,11,12). The van der Waals surface area contributed by atoms with Crippen LogP contribution in [0.2, 0.25) is 0 Å². The number of amides is 1. The minimum atomic E-state index is -0.709. The summed E-state index contributed by atoms with van der Waals surface area (Å²) in [5.41, 5.74) is 5.51. The van der Waals surface area contributed by atoms with Crippen molar-refractivity contribution in [2.24, 2.45) is 0 Å². The highest BCUT2D eigenvalue weighted by atomic mass is 16.2. The van der Waals surface area contributed by atoms with Gasteiger partial charge in [-0.25, -0.2) is 0 Å². The van der Waals surface area contributed by atoms with Gasteiger partial charge in [0.25, 0.3) is 0 Å². The SMILES string of the molecule is N#CC(=O)NNc1ccccc1. The van der Waals surface area contributed by atoms with E-state index in [9.17, 15) is 4.79 Å². The first-order valence-corrected chi connectivity index (χ1v) is 3.34. The number of nitrogens with zero attached hydrogens (tertiary/aromatic N) is 1. The Morgan fingerprint density at radius 2 is 2.00 bits per heavy atom. The third kappa shape index (κ3) is 2.31. The van der Waals surface area contributed by atoms with Gasteiger partial charge in [-0.05, 0) is 12.1 Å². The van der Waals surface area contributed by atoms with Gasteiger partial charge in [-0.1, -0.05) is 18.2 Å². The van der Waals surface area contributed by atoms with Crippen LogP contribution < -0.4 is 10.9 Å². The molecule has 2 N–H and O–H groups in total. The number of anilines is 1. The molecule has 1 aromatic carbocycles. The van der Waals surface area contributed by atoms with E-state index in [-0.39, 0.29) is 0 Å². The molecule has 0 heterocycles. The largest absolute Gasteiger partial charge is 0.340 e. The monoisotopic (exact) mass is 161 g/mol. The minimum absolute atomic E-state index is 0.709. The van der Waals surface area contributed by atoms with Crippen molar-refractivity contribution in [1.82, 2.24) is 5.43 Å². The van der Waals surface area contributed by atoms with E-state index in [1.807, 2.05) is 18.2 Å². The first-order chi connectivity index (χ1) is 5.83. The Labute approximate surface area is 69.8 Å². The van der Waals surface area contributed by atoms with Gasteiger partial charge in [-0.15, -0.1) is 0 Å². The van der Waals surface area contributed by atoms with Crippen LogP contribution in [-0.2, 0) is 4.79 Å². The average molecular weight is 161 g/mol. The predicted molar refractivity (Wildman–Crippen MR) is 43.8 cm³/mol. The zero-order valence-electron chi connectivity index (χ0n) is 6.24. The maximum atomic E-state index is 10.5. The van der Waals surface area contributed by atoms with Crippen molar-refractivity contribution in [2.75, 3.05) is 5.43 Å². The summed E-state index contributed by atoms with van der Waals surface area (Å²) in [6, 6.07) is 10.5. The number of hydrogen-bond acceptors (Lipinski definition) is 3. The van der Waals surface area contributed by atoms with E-state index < -0.39 is 5.91 Å². The number of carbonyl (C=O) groups is 1. The molecule has 12 heavy (non-hydrogen) atoms. The molecule has 0 bridgehead atoms. The van der Waals surface area contributed by atoms with Crippen LogP contribution in [0.3, 0.4) is 0 Å². The summed E-state index contributed by atoms with van der Waals surface area (Å²) in [7, 11) is 0. The Bertz CT molecular complexity index is 302. The Morgan fingerprint density at radius 3 is 2.58 bits per heavy atom. The second kappa shape index (κ2) is 3.98. The highest BCUT2D eigenvalue weighted by Crippen LogP contribution is 2.01. The van der Waals surface area contributed by atoms with Crippen LogP contribution in [0.4, 0.5) is 5.69 Å². The summed E-state index contributed by atoms with van der Waals surface area (Å²) in [5.74, 6) is -0.709. The first-order valence-electron chi connectivity index (χ1n) is 3.34. The van der Waals surface area contributed by atoms with E-state index in [2.05, 4.69) is 10.9 Å². The molecule has 0 aromatic heterocycles. The third-order valence-electron chi connectivity index (χ3n) is 1.20. The fraction of sp³-hybridized carbons (Fsp3) is 0. The molecule has 0 radical (unpaired) electrons. The molecular weight excluding hydrogens is 154 g/mol. The molecule has 4 nitrogen and oxygen atoms in total. The molecule has 0 saturated carbocycles. The van der Waals surface area contributed by atoms with Crippen LogP contribution in [0, 0.1) is 11.3 Å². The summed E-state index contributed by atoms with van der Waals surface area (Å²) in [5, 5.41) is 8.11. The molecule has 0 atom stereocenters.